The van der Waals surface area contributed by atoms with Gasteiger partial charge >= 0.3 is 24.2 Å². The van der Waals surface area contributed by atoms with Gasteiger partial charge in [-0.15, -0.1) is 0 Å². The van der Waals surface area contributed by atoms with Gasteiger partial charge in [-0.3, -0.25) is 4.79 Å². The van der Waals surface area contributed by atoms with Crippen LogP contribution in [0.1, 0.15) is 11.7 Å². The van der Waals surface area contributed by atoms with Crippen LogP contribution in [0.4, 0.5) is 45.1 Å². The number of alkyl halides is 5. The summed E-state index contributed by atoms with van der Waals surface area (Å²) < 4.78 is 62.8. The van der Waals surface area contributed by atoms with Crippen molar-refractivity contribution in [2.75, 3.05) is 22.5 Å². The third-order valence-electron chi connectivity index (χ3n) is 4.55. The minimum atomic E-state index is -5.08. The second-order valence-electron chi connectivity index (χ2n) is 7.28. The number of nitrogens with zero attached hydrogens (tertiary/aromatic N) is 2. The lowest BCUT2D eigenvalue weighted by molar-refractivity contribution is -0.192. The number of aliphatic hydroxyl groups excluding tert-OH is 1. The number of ether oxygens (including phenoxy) is 1. The van der Waals surface area contributed by atoms with E-state index in [2.05, 4.69) is 30.7 Å². The summed E-state index contributed by atoms with van der Waals surface area (Å²) in [5.41, 5.74) is 1.35. The average Bonchev–Trinajstić information content (AvgIpc) is 2.84. The van der Waals surface area contributed by atoms with Gasteiger partial charge in [0.2, 0.25) is 5.95 Å². The second kappa shape index (κ2) is 11.0. The highest BCUT2D eigenvalue weighted by Crippen LogP contribution is 2.37. The van der Waals surface area contributed by atoms with Crippen molar-refractivity contribution in [3.8, 4) is 5.75 Å². The first-order chi connectivity index (χ1) is 17.3. The molecule has 1 aliphatic heterocycles. The van der Waals surface area contributed by atoms with Gasteiger partial charge in [-0.05, 0) is 29.8 Å². The van der Waals surface area contributed by atoms with Crippen LogP contribution in [0.5, 0.6) is 5.75 Å². The fourth-order valence-corrected chi connectivity index (χ4v) is 2.81. The van der Waals surface area contributed by atoms with E-state index in [0.29, 0.717) is 11.5 Å². The fourth-order valence-electron chi connectivity index (χ4n) is 2.81. The van der Waals surface area contributed by atoms with E-state index in [4.69, 9.17) is 9.90 Å². The number of fused-ring (bicyclic) bond motifs is 1. The number of aliphatic carboxylic acids is 1. The lowest BCUT2D eigenvalue weighted by atomic mass is 10.1. The largest absolute Gasteiger partial charge is 0.490 e. The average molecular weight is 527 g/mol. The maximum Gasteiger partial charge on any atom is 0.490 e. The Morgan fingerprint density at radius 2 is 1.81 bits per heavy atom. The first kappa shape index (κ1) is 27.1. The van der Waals surface area contributed by atoms with Crippen LogP contribution >= 0.6 is 0 Å². The van der Waals surface area contributed by atoms with E-state index in [1.54, 1.807) is 6.07 Å². The van der Waals surface area contributed by atoms with Crippen molar-refractivity contribution in [2.45, 2.75) is 18.4 Å². The molecular formula is C22H18F5N5O5. The van der Waals surface area contributed by atoms with E-state index in [-0.39, 0.29) is 23.9 Å². The lowest BCUT2D eigenvalue weighted by Crippen LogP contribution is -2.43. The summed E-state index contributed by atoms with van der Waals surface area (Å²) in [6.07, 6.45) is -8.17. The van der Waals surface area contributed by atoms with Crippen LogP contribution in [0.3, 0.4) is 0 Å². The van der Waals surface area contributed by atoms with Gasteiger partial charge in [-0.25, -0.2) is 9.78 Å². The van der Waals surface area contributed by atoms with Crippen molar-refractivity contribution in [3.63, 3.8) is 0 Å². The third kappa shape index (κ3) is 7.47. The number of carbonyl (C=O) groups is 2. The smallest absolute Gasteiger partial charge is 0.475 e. The number of anilines is 4. The van der Waals surface area contributed by atoms with E-state index < -0.39 is 30.3 Å². The van der Waals surface area contributed by atoms with Crippen molar-refractivity contribution in [2.24, 2.45) is 0 Å². The normalized spacial score (nSPS) is 14.6. The van der Waals surface area contributed by atoms with Gasteiger partial charge in [0.25, 0.3) is 0 Å². The van der Waals surface area contributed by atoms with Crippen LogP contribution in [0.25, 0.3) is 0 Å². The maximum absolute atomic E-state index is 13.3. The summed E-state index contributed by atoms with van der Waals surface area (Å²) in [7, 11) is 0. The molecule has 196 valence electrons. The Bertz CT molecular complexity index is 1260. The Kier molecular flexibility index (Phi) is 8.07. The number of hydrogen-bond acceptors (Lipinski definition) is 8. The van der Waals surface area contributed by atoms with Crippen LogP contribution < -0.4 is 20.7 Å². The molecule has 0 spiro atoms. The number of carboxylic acids is 1. The topological polar surface area (TPSA) is 146 Å². The van der Waals surface area contributed by atoms with Crippen molar-refractivity contribution < 1.29 is 46.5 Å². The van der Waals surface area contributed by atoms with Gasteiger partial charge in [-0.1, -0.05) is 30.3 Å². The highest BCUT2D eigenvalue weighted by atomic mass is 19.4. The number of halogens is 5. The minimum absolute atomic E-state index is 0.108. The zero-order valence-electron chi connectivity index (χ0n) is 18.5. The molecule has 1 aliphatic rings. The zero-order chi connectivity index (χ0) is 27.2. The number of benzene rings is 2. The predicted octanol–water partition coefficient (Wildman–Crippen LogP) is 3.92. The Hall–Kier alpha value is -4.53. The van der Waals surface area contributed by atoms with Crippen LogP contribution in [-0.4, -0.2) is 50.9 Å². The van der Waals surface area contributed by atoms with Crippen molar-refractivity contribution in [3.05, 3.63) is 66.4 Å². The molecule has 2 aromatic carbocycles. The summed E-state index contributed by atoms with van der Waals surface area (Å²) in [6, 6.07) is 15.1. The van der Waals surface area contributed by atoms with E-state index >= 15 is 0 Å². The van der Waals surface area contributed by atoms with Gasteiger partial charge in [-0.2, -0.15) is 26.9 Å². The molecule has 10 nitrogen and oxygen atoms in total. The quantitative estimate of drug-likeness (QED) is 0.301. The van der Waals surface area contributed by atoms with Crippen LogP contribution in [0.2, 0.25) is 0 Å². The highest BCUT2D eigenvalue weighted by molar-refractivity contribution is 5.99. The molecule has 1 aromatic heterocycles. The Balaban J connectivity index is 0.000000479. The number of aliphatic hydroxyl groups is 1. The van der Waals surface area contributed by atoms with E-state index in [9.17, 15) is 31.9 Å². The van der Waals surface area contributed by atoms with Gasteiger partial charge in [0.15, 0.2) is 5.75 Å². The Morgan fingerprint density at radius 1 is 1.14 bits per heavy atom. The molecule has 0 fully saturated rings. The molecule has 0 radical (unpaired) electrons. The second-order valence-corrected chi connectivity index (χ2v) is 7.28. The number of amides is 1. The molecule has 3 aromatic rings. The van der Waals surface area contributed by atoms with Gasteiger partial charge in [0.05, 0.1) is 11.8 Å². The number of carboxylic acid groups (broad SMARTS) is 1. The summed E-state index contributed by atoms with van der Waals surface area (Å²) in [5, 5.41) is 25.4. The fraction of sp³-hybridized carbons (Fsp3) is 0.182. The number of nitrogens with one attached hydrogen (secondary N) is 3. The number of rotatable bonds is 6. The molecule has 37 heavy (non-hydrogen) atoms. The lowest BCUT2D eigenvalue weighted by Gasteiger charge is -2.25. The van der Waals surface area contributed by atoms with Crippen LogP contribution in [0, 0.1) is 0 Å². The molecule has 0 saturated heterocycles. The Labute approximate surface area is 205 Å². The summed E-state index contributed by atoms with van der Waals surface area (Å²) in [4.78, 5) is 28.7. The molecule has 0 aliphatic carbocycles. The van der Waals surface area contributed by atoms with Gasteiger partial charge in [0.1, 0.15) is 5.82 Å². The van der Waals surface area contributed by atoms with Gasteiger partial charge in [0, 0.05) is 18.4 Å². The molecule has 0 saturated carbocycles. The predicted molar refractivity (Wildman–Crippen MR) is 120 cm³/mol. The van der Waals surface area contributed by atoms with Crippen molar-refractivity contribution >= 4 is 35.0 Å². The third-order valence-corrected chi connectivity index (χ3v) is 4.55. The van der Waals surface area contributed by atoms with E-state index in [0.717, 1.165) is 5.56 Å². The first-order valence-corrected chi connectivity index (χ1v) is 10.2. The van der Waals surface area contributed by atoms with Crippen LogP contribution in [0.15, 0.2) is 60.8 Å². The minimum Gasteiger partial charge on any atom is -0.475 e. The molecule has 1 amide bonds. The Morgan fingerprint density at radius 3 is 2.46 bits per heavy atom. The van der Waals surface area contributed by atoms with E-state index in [1.807, 2.05) is 30.3 Å². The SMILES string of the molecule is O=C(O)C(F)(F)F.O=C1Nc2cc(Nc3nccc(NCC(O)c4ccccc4)n3)ccc2OC1(F)F. The molecular weight excluding hydrogens is 509 g/mol. The number of carbonyl (C=O) groups excluding carboxylic acids is 1. The van der Waals surface area contributed by atoms with E-state index in [1.165, 1.54) is 24.4 Å². The van der Waals surface area contributed by atoms with Crippen molar-refractivity contribution in [1.82, 2.24) is 9.97 Å². The maximum atomic E-state index is 13.3. The summed E-state index contributed by atoms with van der Waals surface area (Å²) in [6.45, 7) is 0.247. The standard InChI is InChI=1S/C20H17F2N5O3.C2HF3O2/c21-20(22)18(29)26-14-10-13(6-7-16(14)30-20)25-19-23-9-8-17(27-19)24-11-15(28)12-4-2-1-3-5-12;3-2(4,5)1(6)7/h1-10,15,28H,11H2,(H,26,29)(H2,23,24,25,27);(H,6,7). The first-order valence-electron chi connectivity index (χ1n) is 10.2. The number of hydrogen-bond donors (Lipinski definition) is 5. The summed E-state index contributed by atoms with van der Waals surface area (Å²) >= 11 is 0. The molecule has 15 heteroatoms. The van der Waals surface area contributed by atoms with Gasteiger partial charge < -0.3 is 30.9 Å². The highest BCUT2D eigenvalue weighted by Gasteiger charge is 2.46. The molecule has 2 heterocycles. The molecule has 1 atom stereocenters. The number of aromatic nitrogens is 2. The molecule has 5 N–H and O–H groups in total. The molecule has 4 rings (SSSR count). The zero-order valence-corrected chi connectivity index (χ0v) is 18.5. The monoisotopic (exact) mass is 527 g/mol. The van der Waals surface area contributed by atoms with Crippen molar-refractivity contribution in [1.29, 1.82) is 0 Å². The molecule has 0 bridgehead atoms. The molecule has 1 unspecified atom stereocenters. The summed E-state index contributed by atoms with van der Waals surface area (Å²) in [5.74, 6) is -3.71. The van der Waals surface area contributed by atoms with Crippen LogP contribution in [-0.2, 0) is 9.59 Å².